The van der Waals surface area contributed by atoms with Crippen LogP contribution >= 0.6 is 11.6 Å². The smallest absolute Gasteiger partial charge is 0.136 e. The first-order chi connectivity index (χ1) is 8.88. The monoisotopic (exact) mass is 281 g/mol. The van der Waals surface area contributed by atoms with Crippen LogP contribution in [-0.4, -0.2) is 17.7 Å². The summed E-state index contributed by atoms with van der Waals surface area (Å²) in [6.45, 7) is 6.67. The molecule has 0 saturated heterocycles. The van der Waals surface area contributed by atoms with E-state index in [0.717, 1.165) is 17.5 Å². The molecule has 0 amide bonds. The van der Waals surface area contributed by atoms with Crippen LogP contribution < -0.4 is 5.32 Å². The Balaban J connectivity index is 2.17. The summed E-state index contributed by atoms with van der Waals surface area (Å²) in [5, 5.41) is 15.4. The minimum absolute atomic E-state index is 0.408. The molecule has 0 radical (unpaired) electrons. The van der Waals surface area contributed by atoms with Gasteiger partial charge >= 0.3 is 0 Å². The van der Waals surface area contributed by atoms with Crippen molar-refractivity contribution >= 4 is 22.6 Å². The second-order valence-electron chi connectivity index (χ2n) is 5.43. The van der Waals surface area contributed by atoms with Gasteiger partial charge in [-0.2, -0.15) is 0 Å². The molecule has 3 nitrogen and oxygen atoms in total. The van der Waals surface area contributed by atoms with Crippen molar-refractivity contribution in [2.24, 2.45) is 0 Å². The van der Waals surface area contributed by atoms with Crippen molar-refractivity contribution in [2.45, 2.75) is 38.8 Å². The Bertz CT molecular complexity index is 560. The molecule has 0 aliphatic rings. The summed E-state index contributed by atoms with van der Waals surface area (Å²) >= 11 is 5.95. The lowest BCUT2D eigenvalue weighted by Crippen LogP contribution is -2.30. The molecule has 0 aliphatic carbocycles. The van der Waals surface area contributed by atoms with E-state index in [9.17, 15) is 5.11 Å². The molecule has 0 fully saturated rings. The highest BCUT2D eigenvalue weighted by Gasteiger charge is 2.27. The highest BCUT2D eigenvalue weighted by molar-refractivity contribution is 6.31. The van der Waals surface area contributed by atoms with E-state index in [-0.39, 0.29) is 0 Å². The minimum atomic E-state index is -0.979. The number of nitrogens with one attached hydrogen (secondary N) is 1. The van der Waals surface area contributed by atoms with Crippen molar-refractivity contribution in [3.05, 3.63) is 35.0 Å². The van der Waals surface area contributed by atoms with Gasteiger partial charge in [-0.3, -0.25) is 0 Å². The highest BCUT2D eigenvalue weighted by atomic mass is 35.5. The van der Waals surface area contributed by atoms with Crippen LogP contribution in [0.5, 0.6) is 0 Å². The van der Waals surface area contributed by atoms with Gasteiger partial charge in [0.1, 0.15) is 16.9 Å². The molecular weight excluding hydrogens is 262 g/mol. The zero-order valence-electron chi connectivity index (χ0n) is 11.5. The zero-order chi connectivity index (χ0) is 14.0. The molecular formula is C15H20ClNO2. The predicted octanol–water partition coefficient (Wildman–Crippen LogP) is 3.68. The molecule has 0 spiro atoms. The van der Waals surface area contributed by atoms with E-state index in [2.05, 4.69) is 19.2 Å². The van der Waals surface area contributed by atoms with Crippen molar-refractivity contribution < 1.29 is 9.52 Å². The van der Waals surface area contributed by atoms with E-state index in [0.29, 0.717) is 23.2 Å². The molecule has 1 atom stereocenters. The van der Waals surface area contributed by atoms with Crippen molar-refractivity contribution in [1.82, 2.24) is 5.32 Å². The number of aliphatic hydroxyl groups is 1. The van der Waals surface area contributed by atoms with E-state index in [1.54, 1.807) is 13.0 Å². The molecule has 1 aromatic heterocycles. The molecule has 2 aromatic rings. The van der Waals surface area contributed by atoms with Crippen LogP contribution in [0.4, 0.5) is 0 Å². The van der Waals surface area contributed by atoms with Crippen LogP contribution in [0, 0.1) is 0 Å². The number of hydrogen-bond donors (Lipinski definition) is 2. The maximum atomic E-state index is 10.5. The lowest BCUT2D eigenvalue weighted by molar-refractivity contribution is 0.0268. The molecule has 2 N–H and O–H groups in total. The van der Waals surface area contributed by atoms with Crippen molar-refractivity contribution in [3.63, 3.8) is 0 Å². The second-order valence-corrected chi connectivity index (χ2v) is 5.86. The van der Waals surface area contributed by atoms with Gasteiger partial charge in [0.25, 0.3) is 0 Å². The fourth-order valence-corrected chi connectivity index (χ4v) is 2.19. The fraction of sp³-hybridized carbons (Fsp3) is 0.467. The van der Waals surface area contributed by atoms with E-state index in [4.69, 9.17) is 16.0 Å². The normalized spacial score (nSPS) is 15.1. The maximum absolute atomic E-state index is 10.5. The summed E-state index contributed by atoms with van der Waals surface area (Å²) in [4.78, 5) is 0. The van der Waals surface area contributed by atoms with Crippen molar-refractivity contribution in [2.75, 3.05) is 6.54 Å². The number of benzene rings is 1. The standard InChI is InChI=1S/C15H20ClNO2/c1-10(2)17-7-6-15(3,18)14-9-11-8-12(16)4-5-13(11)19-14/h4-5,8-10,17-18H,6-7H2,1-3H3. The summed E-state index contributed by atoms with van der Waals surface area (Å²) in [7, 11) is 0. The van der Waals surface area contributed by atoms with Gasteiger partial charge in [-0.15, -0.1) is 0 Å². The molecule has 1 heterocycles. The van der Waals surface area contributed by atoms with Gasteiger partial charge < -0.3 is 14.8 Å². The van der Waals surface area contributed by atoms with Crippen LogP contribution in [0.15, 0.2) is 28.7 Å². The Labute approximate surface area is 118 Å². The van der Waals surface area contributed by atoms with E-state index in [1.165, 1.54) is 0 Å². The summed E-state index contributed by atoms with van der Waals surface area (Å²) < 4.78 is 5.71. The number of furan rings is 1. The highest BCUT2D eigenvalue weighted by Crippen LogP contribution is 2.31. The molecule has 1 aromatic carbocycles. The first kappa shape index (κ1) is 14.4. The van der Waals surface area contributed by atoms with Crippen LogP contribution in [0.3, 0.4) is 0 Å². The topological polar surface area (TPSA) is 45.4 Å². The first-order valence-corrected chi connectivity index (χ1v) is 6.91. The zero-order valence-corrected chi connectivity index (χ0v) is 12.3. The van der Waals surface area contributed by atoms with Gasteiger partial charge in [0.15, 0.2) is 0 Å². The molecule has 1 unspecified atom stereocenters. The predicted molar refractivity (Wildman–Crippen MR) is 78.6 cm³/mol. The quantitative estimate of drug-likeness (QED) is 0.879. The Hall–Kier alpha value is -1.03. The van der Waals surface area contributed by atoms with Gasteiger partial charge in [-0.05, 0) is 44.2 Å². The maximum Gasteiger partial charge on any atom is 0.136 e. The Morgan fingerprint density at radius 3 is 2.79 bits per heavy atom. The average molecular weight is 282 g/mol. The van der Waals surface area contributed by atoms with E-state index in [1.807, 2.05) is 18.2 Å². The number of rotatable bonds is 5. The lowest BCUT2D eigenvalue weighted by Gasteiger charge is -2.21. The van der Waals surface area contributed by atoms with Gasteiger partial charge in [0.05, 0.1) is 0 Å². The number of halogens is 1. The van der Waals surface area contributed by atoms with Gasteiger partial charge in [-0.25, -0.2) is 0 Å². The third-order valence-electron chi connectivity index (χ3n) is 3.17. The van der Waals surface area contributed by atoms with E-state index >= 15 is 0 Å². The molecule has 4 heteroatoms. The molecule has 19 heavy (non-hydrogen) atoms. The molecule has 0 aliphatic heterocycles. The first-order valence-electron chi connectivity index (χ1n) is 6.54. The number of hydrogen-bond acceptors (Lipinski definition) is 3. The van der Waals surface area contributed by atoms with Gasteiger partial charge in [-0.1, -0.05) is 25.4 Å². The summed E-state index contributed by atoms with van der Waals surface area (Å²) in [5.41, 5.74) is -0.232. The number of fused-ring (bicyclic) bond motifs is 1. The lowest BCUT2D eigenvalue weighted by atomic mass is 9.99. The molecule has 2 rings (SSSR count). The van der Waals surface area contributed by atoms with Gasteiger partial charge in [0, 0.05) is 16.5 Å². The van der Waals surface area contributed by atoms with Gasteiger partial charge in [0.2, 0.25) is 0 Å². The fourth-order valence-electron chi connectivity index (χ4n) is 2.01. The molecule has 0 saturated carbocycles. The summed E-state index contributed by atoms with van der Waals surface area (Å²) in [5.74, 6) is 0.579. The van der Waals surface area contributed by atoms with Crippen molar-refractivity contribution in [1.29, 1.82) is 0 Å². The molecule has 104 valence electrons. The summed E-state index contributed by atoms with van der Waals surface area (Å²) in [6.07, 6.45) is 0.596. The largest absolute Gasteiger partial charge is 0.458 e. The Morgan fingerprint density at radius 1 is 1.37 bits per heavy atom. The Morgan fingerprint density at radius 2 is 2.11 bits per heavy atom. The van der Waals surface area contributed by atoms with Crippen molar-refractivity contribution in [3.8, 4) is 0 Å². The van der Waals surface area contributed by atoms with E-state index < -0.39 is 5.60 Å². The SMILES string of the molecule is CC(C)NCCC(C)(O)c1cc2cc(Cl)ccc2o1. The third-order valence-corrected chi connectivity index (χ3v) is 3.41. The van der Waals surface area contributed by atoms with Crippen LogP contribution in [0.2, 0.25) is 5.02 Å². The third kappa shape index (κ3) is 3.50. The molecule has 0 bridgehead atoms. The van der Waals surface area contributed by atoms with Crippen LogP contribution in [0.1, 0.15) is 33.0 Å². The van der Waals surface area contributed by atoms with Crippen LogP contribution in [-0.2, 0) is 5.60 Å². The minimum Gasteiger partial charge on any atom is -0.458 e. The van der Waals surface area contributed by atoms with Crippen LogP contribution in [0.25, 0.3) is 11.0 Å². The second kappa shape index (κ2) is 5.53. The average Bonchev–Trinajstić information content (AvgIpc) is 2.71. The Kier molecular flexibility index (Phi) is 4.19. The summed E-state index contributed by atoms with van der Waals surface area (Å²) in [6, 6.07) is 7.71.